The maximum Gasteiger partial charge on any atom is 0.352 e. The van der Waals surface area contributed by atoms with E-state index in [1.807, 2.05) is 0 Å². The van der Waals surface area contributed by atoms with Crippen LogP contribution in [-0.2, 0) is 19.8 Å². The van der Waals surface area contributed by atoms with Gasteiger partial charge in [-0.05, 0) is 22.3 Å². The molecule has 0 saturated carbocycles. The molecular formula is C18H20N2O6. The molecule has 0 aliphatic heterocycles. The van der Waals surface area contributed by atoms with E-state index in [9.17, 15) is 25.2 Å². The van der Waals surface area contributed by atoms with Gasteiger partial charge in [0.1, 0.15) is 12.4 Å². The Morgan fingerprint density at radius 3 is 2.31 bits per heavy atom. The van der Waals surface area contributed by atoms with Gasteiger partial charge in [-0.2, -0.15) is 0 Å². The summed E-state index contributed by atoms with van der Waals surface area (Å²) in [6.45, 7) is 2.02. The Labute approximate surface area is 149 Å². The number of aliphatic imine (C=N–C) groups is 1. The number of benzene rings is 1. The lowest BCUT2D eigenvalue weighted by Gasteiger charge is -2.16. The largest absolute Gasteiger partial charge is 0.477 e. The molecule has 8 heteroatoms. The van der Waals surface area contributed by atoms with Crippen LogP contribution in [-0.4, -0.2) is 49.4 Å². The number of carbonyl (C=O) groups is 1. The number of carboxylic acids is 1. The molecule has 26 heavy (non-hydrogen) atoms. The number of aromatic amines is 1. The summed E-state index contributed by atoms with van der Waals surface area (Å²) in [7, 11) is 0. The van der Waals surface area contributed by atoms with E-state index in [1.54, 1.807) is 12.1 Å². The Morgan fingerprint density at radius 1 is 1.12 bits per heavy atom. The summed E-state index contributed by atoms with van der Waals surface area (Å²) in [5.74, 6) is -1.20. The molecule has 1 aromatic carbocycles. The predicted octanol–water partition coefficient (Wildman–Crippen LogP) is 0.868. The highest BCUT2D eigenvalue weighted by Crippen LogP contribution is 2.36. The molecule has 0 atom stereocenters. The maximum atomic E-state index is 11.5. The highest BCUT2D eigenvalue weighted by molar-refractivity contribution is 6.01. The number of aliphatic hydroxyl groups excluding tert-OH is 4. The van der Waals surface area contributed by atoms with Crippen molar-refractivity contribution in [3.8, 4) is 11.1 Å². The van der Waals surface area contributed by atoms with Crippen LogP contribution in [0, 0.1) is 0 Å². The highest BCUT2D eigenvalue weighted by Gasteiger charge is 2.23. The number of aromatic nitrogens is 1. The first-order valence-corrected chi connectivity index (χ1v) is 7.72. The second-order valence-corrected chi connectivity index (χ2v) is 5.37. The molecule has 0 aliphatic rings. The molecule has 6 N–H and O–H groups in total. The molecule has 2 rings (SSSR count). The van der Waals surface area contributed by atoms with E-state index in [0.717, 1.165) is 0 Å². The van der Waals surface area contributed by atoms with Gasteiger partial charge in [-0.3, -0.25) is 4.99 Å². The van der Waals surface area contributed by atoms with Gasteiger partial charge in [-0.1, -0.05) is 24.8 Å². The van der Waals surface area contributed by atoms with Crippen LogP contribution in [0.5, 0.6) is 0 Å². The summed E-state index contributed by atoms with van der Waals surface area (Å²) < 4.78 is 0. The minimum atomic E-state index is -1.20. The van der Waals surface area contributed by atoms with Crippen molar-refractivity contribution in [3.63, 3.8) is 0 Å². The molecule has 2 aromatic rings. The van der Waals surface area contributed by atoms with Crippen molar-refractivity contribution in [1.29, 1.82) is 0 Å². The van der Waals surface area contributed by atoms with Crippen molar-refractivity contribution in [1.82, 2.24) is 4.98 Å². The zero-order valence-electron chi connectivity index (χ0n) is 13.9. The van der Waals surface area contributed by atoms with Crippen molar-refractivity contribution >= 4 is 18.3 Å². The van der Waals surface area contributed by atoms with E-state index in [1.165, 1.54) is 12.3 Å². The Balaban J connectivity index is 2.88. The van der Waals surface area contributed by atoms with Crippen LogP contribution in [0.25, 0.3) is 17.2 Å². The Kier molecular flexibility index (Phi) is 6.42. The molecule has 0 amide bonds. The second-order valence-electron chi connectivity index (χ2n) is 5.37. The van der Waals surface area contributed by atoms with Crippen LogP contribution in [0.3, 0.4) is 0 Å². The summed E-state index contributed by atoms with van der Waals surface area (Å²) in [4.78, 5) is 18.0. The van der Waals surface area contributed by atoms with Gasteiger partial charge < -0.3 is 30.5 Å². The van der Waals surface area contributed by atoms with Crippen molar-refractivity contribution in [2.75, 3.05) is 6.73 Å². The average Bonchev–Trinajstić information content (AvgIpc) is 3.03. The van der Waals surface area contributed by atoms with Gasteiger partial charge in [0.2, 0.25) is 0 Å². The lowest BCUT2D eigenvalue weighted by atomic mass is 9.90. The third-order valence-electron chi connectivity index (χ3n) is 4.07. The number of hydrogen-bond acceptors (Lipinski definition) is 6. The third kappa shape index (κ3) is 3.44. The van der Waals surface area contributed by atoms with E-state index in [4.69, 9.17) is 5.11 Å². The zero-order chi connectivity index (χ0) is 19.3. The van der Waals surface area contributed by atoms with Gasteiger partial charge >= 0.3 is 5.97 Å². The molecule has 0 spiro atoms. The molecule has 1 heterocycles. The minimum Gasteiger partial charge on any atom is -0.477 e. The molecule has 138 valence electrons. The lowest BCUT2D eigenvalue weighted by molar-refractivity contribution is 0.0691. The summed E-state index contributed by atoms with van der Waals surface area (Å²) in [6, 6.07) is 3.21. The first-order valence-electron chi connectivity index (χ1n) is 7.72. The van der Waals surface area contributed by atoms with Gasteiger partial charge in [0.05, 0.1) is 25.5 Å². The number of aromatic carboxylic acids is 1. The fourth-order valence-electron chi connectivity index (χ4n) is 2.93. The second kappa shape index (κ2) is 8.54. The molecular weight excluding hydrogens is 340 g/mol. The first kappa shape index (κ1) is 19.5. The fraction of sp³-hybridized carbons (Fsp3) is 0.222. The van der Waals surface area contributed by atoms with Crippen LogP contribution in [0.1, 0.15) is 38.4 Å². The number of nitrogens with zero attached hydrogens (tertiary/aromatic N) is 1. The minimum absolute atomic E-state index is 0.116. The normalized spacial score (nSPS) is 11.2. The Morgan fingerprint density at radius 2 is 1.81 bits per heavy atom. The van der Waals surface area contributed by atoms with Crippen molar-refractivity contribution in [3.05, 3.63) is 52.4 Å². The van der Waals surface area contributed by atoms with Crippen molar-refractivity contribution in [2.24, 2.45) is 4.99 Å². The molecule has 0 saturated heterocycles. The number of H-pyrrole nitrogens is 1. The van der Waals surface area contributed by atoms with E-state index in [-0.39, 0.29) is 17.9 Å². The number of nitrogens with one attached hydrogen (secondary N) is 1. The van der Waals surface area contributed by atoms with Crippen LogP contribution in [0.4, 0.5) is 0 Å². The molecule has 0 radical (unpaired) electrons. The van der Waals surface area contributed by atoms with Crippen molar-refractivity contribution < 1.29 is 30.3 Å². The van der Waals surface area contributed by atoms with Crippen molar-refractivity contribution in [2.45, 2.75) is 19.8 Å². The molecule has 1 aromatic heterocycles. The summed E-state index contributed by atoms with van der Waals surface area (Å²) >= 11 is 0. The van der Waals surface area contributed by atoms with Crippen LogP contribution in [0.2, 0.25) is 0 Å². The molecule has 0 bridgehead atoms. The van der Waals surface area contributed by atoms with E-state index >= 15 is 0 Å². The monoisotopic (exact) mass is 360 g/mol. The highest BCUT2D eigenvalue weighted by atomic mass is 16.4. The molecule has 0 aliphatic carbocycles. The van der Waals surface area contributed by atoms with Crippen LogP contribution in [0.15, 0.2) is 23.7 Å². The SMILES string of the molecule is C=Cc1c(C(=O)O)[nH]c(/C=N/CO)c1-c1ccc(CO)c(CO)c1CO. The van der Waals surface area contributed by atoms with Crippen LogP contribution >= 0.6 is 0 Å². The van der Waals surface area contributed by atoms with Crippen LogP contribution < -0.4 is 0 Å². The number of carboxylic acid groups (broad SMARTS) is 1. The van der Waals surface area contributed by atoms with Gasteiger partial charge in [0.25, 0.3) is 0 Å². The average molecular weight is 360 g/mol. The van der Waals surface area contributed by atoms with E-state index < -0.39 is 25.9 Å². The maximum absolute atomic E-state index is 11.5. The van der Waals surface area contributed by atoms with Gasteiger partial charge in [0, 0.05) is 17.3 Å². The number of rotatable bonds is 8. The molecule has 8 nitrogen and oxygen atoms in total. The Bertz CT molecular complexity index is 854. The molecule has 0 unspecified atom stereocenters. The van der Waals surface area contributed by atoms with Gasteiger partial charge in [-0.25, -0.2) is 4.79 Å². The third-order valence-corrected chi connectivity index (χ3v) is 4.07. The van der Waals surface area contributed by atoms with Gasteiger partial charge in [-0.15, -0.1) is 0 Å². The standard InChI is InChI=1S/C18H20N2O6/c1-2-11-16(15(5-19-9-24)20-17(11)18(25)26)12-4-3-10(6-21)13(7-22)14(12)8-23/h2-5,20-24H,1,6-9H2,(H,25,26)/b19-5+. The van der Waals surface area contributed by atoms with Gasteiger partial charge in [0.15, 0.2) is 0 Å². The summed E-state index contributed by atoms with van der Waals surface area (Å²) in [5, 5.41) is 47.3. The topological polar surface area (TPSA) is 146 Å². The number of hydrogen-bond donors (Lipinski definition) is 6. The fourth-order valence-corrected chi connectivity index (χ4v) is 2.93. The first-order chi connectivity index (χ1) is 12.5. The summed E-state index contributed by atoms with van der Waals surface area (Å²) in [6.07, 6.45) is 2.65. The number of aliphatic hydroxyl groups is 4. The molecule has 0 fully saturated rings. The summed E-state index contributed by atoms with van der Waals surface area (Å²) in [5.41, 5.74) is 2.54. The van der Waals surface area contributed by atoms with E-state index in [0.29, 0.717) is 33.5 Å². The predicted molar refractivity (Wildman–Crippen MR) is 95.7 cm³/mol. The van der Waals surface area contributed by atoms with E-state index in [2.05, 4.69) is 16.6 Å². The zero-order valence-corrected chi connectivity index (χ0v) is 13.9. The smallest absolute Gasteiger partial charge is 0.352 e. The Hall–Kier alpha value is -2.78. The quantitative estimate of drug-likeness (QED) is 0.385. The lowest BCUT2D eigenvalue weighted by Crippen LogP contribution is -2.04.